The summed E-state index contributed by atoms with van der Waals surface area (Å²) in [5.74, 6) is 1.67. The number of hydrogen-bond donors (Lipinski definition) is 0. The molecule has 2 aromatic carbocycles. The van der Waals surface area contributed by atoms with E-state index in [1.807, 2.05) is 60.4 Å². The first kappa shape index (κ1) is 18.4. The van der Waals surface area contributed by atoms with Gasteiger partial charge in [0.25, 0.3) is 0 Å². The van der Waals surface area contributed by atoms with Crippen molar-refractivity contribution in [1.29, 1.82) is 0 Å². The zero-order valence-electron chi connectivity index (χ0n) is 16.2. The Bertz CT molecular complexity index is 899. The molecule has 0 saturated carbocycles. The van der Waals surface area contributed by atoms with Crippen LogP contribution in [0.15, 0.2) is 67.0 Å². The van der Waals surface area contributed by atoms with Crippen LogP contribution in [-0.4, -0.2) is 38.7 Å². The Morgan fingerprint density at radius 3 is 2.36 bits per heavy atom. The van der Waals surface area contributed by atoms with Gasteiger partial charge in [0, 0.05) is 25.2 Å². The zero-order chi connectivity index (χ0) is 19.3. The van der Waals surface area contributed by atoms with Crippen molar-refractivity contribution in [3.63, 3.8) is 0 Å². The smallest absolute Gasteiger partial charge is 0.229 e. The van der Waals surface area contributed by atoms with E-state index in [1.54, 1.807) is 6.33 Å². The van der Waals surface area contributed by atoms with Crippen LogP contribution >= 0.6 is 0 Å². The van der Waals surface area contributed by atoms with E-state index in [4.69, 9.17) is 0 Å². The monoisotopic (exact) mass is 374 g/mol. The molecule has 0 spiro atoms. The molecular formula is C23H26N4O. The Labute approximate surface area is 166 Å². The Balaban J connectivity index is 1.35. The number of carbonyl (C=O) groups excluding carboxylic acids is 1. The number of rotatable bonds is 5. The molecule has 1 aromatic heterocycles. The molecule has 144 valence electrons. The summed E-state index contributed by atoms with van der Waals surface area (Å²) < 4.78 is 2.06. The van der Waals surface area contributed by atoms with Crippen molar-refractivity contribution in [2.75, 3.05) is 13.1 Å². The molecule has 1 aliphatic heterocycles. The molecule has 1 fully saturated rings. The fourth-order valence-corrected chi connectivity index (χ4v) is 3.98. The van der Waals surface area contributed by atoms with Gasteiger partial charge in [-0.15, -0.1) is 10.2 Å². The van der Waals surface area contributed by atoms with Crippen molar-refractivity contribution in [1.82, 2.24) is 19.7 Å². The van der Waals surface area contributed by atoms with E-state index in [2.05, 4.69) is 26.9 Å². The number of likely N-dealkylation sites (tertiary alicyclic amines) is 1. The molecule has 0 aliphatic carbocycles. The second kappa shape index (κ2) is 8.38. The van der Waals surface area contributed by atoms with E-state index in [-0.39, 0.29) is 11.8 Å². The van der Waals surface area contributed by atoms with Crippen LogP contribution in [-0.2, 0) is 11.2 Å². The molecule has 0 radical (unpaired) electrons. The summed E-state index contributed by atoms with van der Waals surface area (Å²) in [6, 6.07) is 20.2. The van der Waals surface area contributed by atoms with E-state index in [0.717, 1.165) is 49.4 Å². The molecule has 5 nitrogen and oxygen atoms in total. The molecule has 0 bridgehead atoms. The topological polar surface area (TPSA) is 51.0 Å². The predicted octanol–water partition coefficient (Wildman–Crippen LogP) is 3.85. The molecule has 1 saturated heterocycles. The van der Waals surface area contributed by atoms with Gasteiger partial charge in [-0.2, -0.15) is 0 Å². The second-order valence-electron chi connectivity index (χ2n) is 7.56. The first-order valence-electron chi connectivity index (χ1n) is 10.0. The van der Waals surface area contributed by atoms with Gasteiger partial charge in [-0.25, -0.2) is 0 Å². The maximum absolute atomic E-state index is 12.9. The summed E-state index contributed by atoms with van der Waals surface area (Å²) in [7, 11) is 0. The average Bonchev–Trinajstić information content (AvgIpc) is 3.22. The van der Waals surface area contributed by atoms with E-state index >= 15 is 0 Å². The Hall–Kier alpha value is -2.95. The number of carbonyl (C=O) groups is 1. The van der Waals surface area contributed by atoms with Gasteiger partial charge < -0.3 is 4.90 Å². The van der Waals surface area contributed by atoms with Crippen LogP contribution in [0.2, 0.25) is 0 Å². The minimum Gasteiger partial charge on any atom is -0.342 e. The number of nitrogens with zero attached hydrogens (tertiary/aromatic N) is 4. The van der Waals surface area contributed by atoms with Crippen molar-refractivity contribution in [2.24, 2.45) is 5.92 Å². The zero-order valence-corrected chi connectivity index (χ0v) is 16.2. The van der Waals surface area contributed by atoms with Gasteiger partial charge in [0.15, 0.2) is 0 Å². The number of benzene rings is 2. The summed E-state index contributed by atoms with van der Waals surface area (Å²) in [4.78, 5) is 14.9. The molecule has 5 heteroatoms. The number of aromatic nitrogens is 3. The maximum atomic E-state index is 12.9. The Morgan fingerprint density at radius 1 is 1.04 bits per heavy atom. The third-order valence-electron chi connectivity index (χ3n) is 5.72. The lowest BCUT2D eigenvalue weighted by Gasteiger charge is -2.33. The van der Waals surface area contributed by atoms with Gasteiger partial charge in [-0.3, -0.25) is 9.36 Å². The van der Waals surface area contributed by atoms with Crippen LogP contribution in [0.25, 0.3) is 5.69 Å². The summed E-state index contributed by atoms with van der Waals surface area (Å²) in [6.45, 7) is 3.65. The highest BCUT2D eigenvalue weighted by Crippen LogP contribution is 2.25. The molecular weight excluding hydrogens is 348 g/mol. The second-order valence-corrected chi connectivity index (χ2v) is 7.56. The molecule has 1 aliphatic rings. The van der Waals surface area contributed by atoms with Crippen LogP contribution in [0, 0.1) is 5.92 Å². The molecule has 0 N–H and O–H groups in total. The number of piperidine rings is 1. The van der Waals surface area contributed by atoms with Crippen LogP contribution in [0.1, 0.15) is 37.1 Å². The number of amides is 1. The van der Waals surface area contributed by atoms with Crippen molar-refractivity contribution in [2.45, 2.75) is 32.1 Å². The minimum absolute atomic E-state index is 0.0843. The highest BCUT2D eigenvalue weighted by atomic mass is 16.2. The van der Waals surface area contributed by atoms with E-state index in [9.17, 15) is 4.79 Å². The standard InChI is InChI=1S/C23H26N4O/c1-18(20-8-4-2-5-9-20)23(28)26-14-12-19(13-15-26)16-22-25-24-17-27(22)21-10-6-3-7-11-21/h2-11,17-19H,12-16H2,1H3. The van der Waals surface area contributed by atoms with Crippen molar-refractivity contribution in [3.05, 3.63) is 78.4 Å². The molecule has 1 amide bonds. The molecule has 28 heavy (non-hydrogen) atoms. The highest BCUT2D eigenvalue weighted by Gasteiger charge is 2.27. The van der Waals surface area contributed by atoms with Crippen molar-refractivity contribution < 1.29 is 4.79 Å². The van der Waals surface area contributed by atoms with Gasteiger partial charge in [-0.05, 0) is 43.4 Å². The van der Waals surface area contributed by atoms with Crippen LogP contribution in [0.4, 0.5) is 0 Å². The highest BCUT2D eigenvalue weighted by molar-refractivity contribution is 5.83. The predicted molar refractivity (Wildman–Crippen MR) is 109 cm³/mol. The first-order chi connectivity index (χ1) is 13.7. The minimum atomic E-state index is -0.0843. The molecule has 4 rings (SSSR count). The van der Waals surface area contributed by atoms with Gasteiger partial charge >= 0.3 is 0 Å². The van der Waals surface area contributed by atoms with Crippen molar-refractivity contribution >= 4 is 5.91 Å². The average molecular weight is 374 g/mol. The molecule has 3 aromatic rings. The number of hydrogen-bond acceptors (Lipinski definition) is 3. The number of para-hydroxylation sites is 1. The van der Waals surface area contributed by atoms with Gasteiger partial charge in [0.05, 0.1) is 5.92 Å². The van der Waals surface area contributed by atoms with E-state index in [0.29, 0.717) is 5.92 Å². The first-order valence-corrected chi connectivity index (χ1v) is 10.0. The summed E-state index contributed by atoms with van der Waals surface area (Å²) in [5, 5.41) is 8.45. The third-order valence-corrected chi connectivity index (χ3v) is 5.72. The quantitative estimate of drug-likeness (QED) is 0.682. The summed E-state index contributed by atoms with van der Waals surface area (Å²) in [6.07, 6.45) is 4.69. The Kier molecular flexibility index (Phi) is 5.51. The van der Waals surface area contributed by atoms with Crippen LogP contribution in [0.5, 0.6) is 0 Å². The van der Waals surface area contributed by atoms with E-state index < -0.39 is 0 Å². The lowest BCUT2D eigenvalue weighted by atomic mass is 9.91. The van der Waals surface area contributed by atoms with Gasteiger partial charge in [-0.1, -0.05) is 48.5 Å². The Morgan fingerprint density at radius 2 is 1.68 bits per heavy atom. The largest absolute Gasteiger partial charge is 0.342 e. The third kappa shape index (κ3) is 3.98. The van der Waals surface area contributed by atoms with Gasteiger partial charge in [0.2, 0.25) is 5.91 Å². The fourth-order valence-electron chi connectivity index (χ4n) is 3.98. The lowest BCUT2D eigenvalue weighted by molar-refractivity contribution is -0.133. The SMILES string of the molecule is CC(C(=O)N1CCC(Cc2nncn2-c2ccccc2)CC1)c1ccccc1. The maximum Gasteiger partial charge on any atom is 0.229 e. The van der Waals surface area contributed by atoms with Crippen LogP contribution in [0.3, 0.4) is 0 Å². The summed E-state index contributed by atoms with van der Waals surface area (Å²) >= 11 is 0. The molecule has 1 unspecified atom stereocenters. The van der Waals surface area contributed by atoms with Gasteiger partial charge in [0.1, 0.15) is 12.2 Å². The summed E-state index contributed by atoms with van der Waals surface area (Å²) in [5.41, 5.74) is 2.18. The fraction of sp³-hybridized carbons (Fsp3) is 0.348. The normalized spacial score (nSPS) is 16.1. The van der Waals surface area contributed by atoms with E-state index in [1.165, 1.54) is 0 Å². The lowest BCUT2D eigenvalue weighted by Crippen LogP contribution is -2.41. The molecule has 2 heterocycles. The molecule has 1 atom stereocenters. The van der Waals surface area contributed by atoms with Crippen molar-refractivity contribution in [3.8, 4) is 5.69 Å². The van der Waals surface area contributed by atoms with Crippen LogP contribution < -0.4 is 0 Å².